The van der Waals surface area contributed by atoms with Crippen LogP contribution in [0.1, 0.15) is 58.3 Å². The van der Waals surface area contributed by atoms with E-state index in [0.29, 0.717) is 17.2 Å². The normalized spacial score (nSPS) is 18.1. The summed E-state index contributed by atoms with van der Waals surface area (Å²) in [7, 11) is 0. The van der Waals surface area contributed by atoms with E-state index in [1.165, 1.54) is 32.1 Å². The van der Waals surface area contributed by atoms with Crippen LogP contribution in [0, 0.1) is 0 Å². The number of para-hydroxylation sites is 1. The molecule has 1 aliphatic carbocycles. The topological polar surface area (TPSA) is 38.3 Å². The van der Waals surface area contributed by atoms with E-state index in [1.807, 2.05) is 19.1 Å². The van der Waals surface area contributed by atoms with E-state index in [-0.39, 0.29) is 11.9 Å². The molecule has 4 heteroatoms. The molecule has 0 bridgehead atoms. The fourth-order valence-electron chi connectivity index (χ4n) is 2.91. The third-order valence-electron chi connectivity index (χ3n) is 4.22. The van der Waals surface area contributed by atoms with E-state index < -0.39 is 6.10 Å². The van der Waals surface area contributed by atoms with Gasteiger partial charge >= 0.3 is 0 Å². The molecule has 3 nitrogen and oxygen atoms in total. The van der Waals surface area contributed by atoms with Crippen molar-refractivity contribution in [3.63, 3.8) is 0 Å². The zero-order valence-corrected chi connectivity index (χ0v) is 14.1. The number of hydrogen-bond donors (Lipinski definition) is 1. The van der Waals surface area contributed by atoms with Crippen molar-refractivity contribution >= 4 is 17.5 Å². The number of benzene rings is 1. The first-order chi connectivity index (χ1) is 10.7. The average molecular weight is 324 g/mol. The molecule has 1 saturated carbocycles. The van der Waals surface area contributed by atoms with Crippen LogP contribution in [-0.2, 0) is 4.79 Å². The molecule has 1 aromatic rings. The number of rotatable bonds is 5. The predicted molar refractivity (Wildman–Crippen MR) is 90.4 cm³/mol. The molecule has 1 fully saturated rings. The summed E-state index contributed by atoms with van der Waals surface area (Å²) in [6, 6.07) is 7.58. The second-order valence-corrected chi connectivity index (χ2v) is 6.40. The third-order valence-corrected chi connectivity index (χ3v) is 4.53. The lowest BCUT2D eigenvalue weighted by atomic mass is 9.96. The highest BCUT2D eigenvalue weighted by Gasteiger charge is 2.22. The van der Waals surface area contributed by atoms with Crippen LogP contribution in [0.4, 0.5) is 0 Å². The largest absolute Gasteiger partial charge is 0.479 e. The Morgan fingerprint density at radius 1 is 1.23 bits per heavy atom. The van der Waals surface area contributed by atoms with Gasteiger partial charge in [0.25, 0.3) is 5.91 Å². The molecule has 1 amide bonds. The van der Waals surface area contributed by atoms with E-state index in [2.05, 4.69) is 5.32 Å². The number of amides is 1. The molecule has 2 rings (SSSR count). The highest BCUT2D eigenvalue weighted by Crippen LogP contribution is 2.25. The Kier molecular flexibility index (Phi) is 7.04. The minimum absolute atomic E-state index is 0.0204. The second kappa shape index (κ2) is 9.04. The smallest absolute Gasteiger partial charge is 0.261 e. The summed E-state index contributed by atoms with van der Waals surface area (Å²) in [5.41, 5.74) is 0. The number of hydrogen-bond acceptors (Lipinski definition) is 2. The van der Waals surface area contributed by atoms with Crippen LogP contribution in [0.15, 0.2) is 24.3 Å². The first-order valence-electron chi connectivity index (χ1n) is 8.42. The average Bonchev–Trinajstić information content (AvgIpc) is 2.49. The van der Waals surface area contributed by atoms with Gasteiger partial charge in [-0.05, 0) is 31.4 Å². The molecule has 0 radical (unpaired) electrons. The summed E-state index contributed by atoms with van der Waals surface area (Å²) in [6.07, 6.45) is 8.59. The molecule has 22 heavy (non-hydrogen) atoms. The number of carbonyl (C=O) groups is 1. The Morgan fingerprint density at radius 3 is 2.50 bits per heavy atom. The highest BCUT2D eigenvalue weighted by atomic mass is 35.5. The van der Waals surface area contributed by atoms with Gasteiger partial charge in [-0.2, -0.15) is 0 Å². The van der Waals surface area contributed by atoms with Crippen molar-refractivity contribution in [1.82, 2.24) is 5.32 Å². The molecule has 1 atom stereocenters. The summed E-state index contributed by atoms with van der Waals surface area (Å²) < 4.78 is 5.81. The van der Waals surface area contributed by atoms with Gasteiger partial charge in [0.15, 0.2) is 6.10 Å². The Bertz CT molecular complexity index is 470. The van der Waals surface area contributed by atoms with E-state index >= 15 is 0 Å². The lowest BCUT2D eigenvalue weighted by Crippen LogP contribution is -2.43. The van der Waals surface area contributed by atoms with E-state index in [0.717, 1.165) is 12.8 Å². The lowest BCUT2D eigenvalue weighted by Gasteiger charge is -2.24. The molecule has 0 heterocycles. The van der Waals surface area contributed by atoms with Crippen LogP contribution in [0.5, 0.6) is 5.75 Å². The first kappa shape index (κ1) is 17.1. The highest BCUT2D eigenvalue weighted by molar-refractivity contribution is 6.32. The van der Waals surface area contributed by atoms with Gasteiger partial charge in [0.05, 0.1) is 5.02 Å². The zero-order chi connectivity index (χ0) is 15.8. The number of ether oxygens (including phenoxy) is 1. The second-order valence-electron chi connectivity index (χ2n) is 6.00. The van der Waals surface area contributed by atoms with Crippen LogP contribution in [0.3, 0.4) is 0 Å². The van der Waals surface area contributed by atoms with Crippen LogP contribution in [0.25, 0.3) is 0 Å². The molecule has 0 aromatic heterocycles. The Hall–Kier alpha value is -1.22. The number of nitrogens with one attached hydrogen (secondary N) is 1. The van der Waals surface area contributed by atoms with Crippen molar-refractivity contribution in [1.29, 1.82) is 0 Å². The molecule has 1 aliphatic rings. The Morgan fingerprint density at radius 2 is 1.86 bits per heavy atom. The van der Waals surface area contributed by atoms with E-state index in [9.17, 15) is 4.79 Å². The number of carbonyl (C=O) groups excluding carboxylic acids is 1. The zero-order valence-electron chi connectivity index (χ0n) is 13.3. The SMILES string of the molecule is CC[C@H](Oc1ccccc1Cl)C(=O)NC1CCCCCCC1. The lowest BCUT2D eigenvalue weighted by molar-refractivity contribution is -0.129. The van der Waals surface area contributed by atoms with Gasteiger partial charge in [0.2, 0.25) is 0 Å². The summed E-state index contributed by atoms with van der Waals surface area (Å²) in [6.45, 7) is 1.96. The van der Waals surface area contributed by atoms with Gasteiger partial charge < -0.3 is 10.1 Å². The molecular formula is C18H26ClNO2. The van der Waals surface area contributed by atoms with Crippen molar-refractivity contribution in [2.75, 3.05) is 0 Å². The molecular weight excluding hydrogens is 298 g/mol. The van der Waals surface area contributed by atoms with Crippen molar-refractivity contribution in [3.05, 3.63) is 29.3 Å². The van der Waals surface area contributed by atoms with Crippen LogP contribution in [-0.4, -0.2) is 18.1 Å². The first-order valence-corrected chi connectivity index (χ1v) is 8.80. The van der Waals surface area contributed by atoms with Crippen LogP contribution >= 0.6 is 11.6 Å². The maximum absolute atomic E-state index is 12.5. The molecule has 0 unspecified atom stereocenters. The standard InChI is InChI=1S/C18H26ClNO2/c1-2-16(22-17-13-9-8-12-15(17)19)18(21)20-14-10-6-4-3-5-7-11-14/h8-9,12-14,16H,2-7,10-11H2,1H3,(H,20,21)/t16-/m0/s1. The van der Waals surface area contributed by atoms with Crippen molar-refractivity contribution < 1.29 is 9.53 Å². The van der Waals surface area contributed by atoms with Gasteiger partial charge in [-0.15, -0.1) is 0 Å². The van der Waals surface area contributed by atoms with Crippen molar-refractivity contribution in [3.8, 4) is 5.75 Å². The monoisotopic (exact) mass is 323 g/mol. The van der Waals surface area contributed by atoms with Gasteiger partial charge in [-0.1, -0.05) is 62.8 Å². The van der Waals surface area contributed by atoms with Crippen molar-refractivity contribution in [2.45, 2.75) is 70.4 Å². The molecule has 0 aliphatic heterocycles. The van der Waals surface area contributed by atoms with E-state index in [1.54, 1.807) is 12.1 Å². The minimum Gasteiger partial charge on any atom is -0.479 e. The number of halogens is 1. The van der Waals surface area contributed by atoms with Gasteiger partial charge in [0.1, 0.15) is 5.75 Å². The fourth-order valence-corrected chi connectivity index (χ4v) is 3.09. The summed E-state index contributed by atoms with van der Waals surface area (Å²) >= 11 is 6.10. The van der Waals surface area contributed by atoms with Gasteiger partial charge in [-0.3, -0.25) is 4.79 Å². The van der Waals surface area contributed by atoms with Gasteiger partial charge in [-0.25, -0.2) is 0 Å². The Labute approximate surface area is 138 Å². The van der Waals surface area contributed by atoms with E-state index in [4.69, 9.17) is 16.3 Å². The summed E-state index contributed by atoms with van der Waals surface area (Å²) in [5, 5.41) is 3.71. The van der Waals surface area contributed by atoms with Crippen LogP contribution < -0.4 is 10.1 Å². The fraction of sp³-hybridized carbons (Fsp3) is 0.611. The quantitative estimate of drug-likeness (QED) is 0.851. The molecule has 0 spiro atoms. The Balaban J connectivity index is 1.92. The minimum atomic E-state index is -0.481. The van der Waals surface area contributed by atoms with Gasteiger partial charge in [0, 0.05) is 6.04 Å². The summed E-state index contributed by atoms with van der Waals surface area (Å²) in [4.78, 5) is 12.5. The van der Waals surface area contributed by atoms with Crippen molar-refractivity contribution in [2.24, 2.45) is 0 Å². The summed E-state index contributed by atoms with van der Waals surface area (Å²) in [5.74, 6) is 0.553. The molecule has 1 aromatic carbocycles. The van der Waals surface area contributed by atoms with Crippen LogP contribution in [0.2, 0.25) is 5.02 Å². The molecule has 122 valence electrons. The molecule has 0 saturated heterocycles. The maximum Gasteiger partial charge on any atom is 0.261 e. The molecule has 1 N–H and O–H groups in total. The third kappa shape index (κ3) is 5.20. The maximum atomic E-state index is 12.5. The predicted octanol–water partition coefficient (Wildman–Crippen LogP) is 4.73.